The van der Waals surface area contributed by atoms with Gasteiger partial charge >= 0.3 is 6.01 Å². The molecule has 2 N–H and O–H groups in total. The number of nitrogen functional groups attached to an aromatic ring is 1. The zero-order chi connectivity index (χ0) is 11.8. The summed E-state index contributed by atoms with van der Waals surface area (Å²) in [6.45, 7) is 3.23. The fraction of sp³-hybridized carbons (Fsp3) is 0.667. The van der Waals surface area contributed by atoms with E-state index in [0.717, 1.165) is 12.2 Å². The van der Waals surface area contributed by atoms with Gasteiger partial charge in [0.05, 0.1) is 13.2 Å². The monoisotopic (exact) mass is 244 g/mol. The lowest BCUT2D eigenvalue weighted by atomic mass is 10.5. The van der Waals surface area contributed by atoms with Crippen LogP contribution in [-0.2, 0) is 4.74 Å². The van der Waals surface area contributed by atoms with Crippen LogP contribution in [0.2, 0.25) is 0 Å². The predicted octanol–water partition coefficient (Wildman–Crippen LogP) is 0.981. The molecule has 0 spiro atoms. The van der Waals surface area contributed by atoms with Gasteiger partial charge in [0.1, 0.15) is 0 Å². The average Bonchev–Trinajstić information content (AvgIpc) is 2.26. The number of nitrogens with two attached hydrogens (primary N) is 1. The summed E-state index contributed by atoms with van der Waals surface area (Å²) in [4.78, 5) is 12.0. The smallest absolute Gasteiger partial charge is 0.322 e. The van der Waals surface area contributed by atoms with E-state index in [-0.39, 0.29) is 12.0 Å². The minimum absolute atomic E-state index is 0.181. The molecule has 7 heteroatoms. The normalized spacial score (nSPS) is 10.4. The predicted molar refractivity (Wildman–Crippen MR) is 62.6 cm³/mol. The molecule has 1 aromatic heterocycles. The highest BCUT2D eigenvalue weighted by atomic mass is 32.2. The van der Waals surface area contributed by atoms with Crippen LogP contribution in [0.5, 0.6) is 6.01 Å². The molecule has 0 aliphatic carbocycles. The summed E-state index contributed by atoms with van der Waals surface area (Å²) in [6.07, 6.45) is 0.901. The van der Waals surface area contributed by atoms with Crippen molar-refractivity contribution in [3.05, 3.63) is 0 Å². The number of ether oxygens (including phenoxy) is 2. The Morgan fingerprint density at radius 3 is 2.75 bits per heavy atom. The van der Waals surface area contributed by atoms with Gasteiger partial charge in [-0.3, -0.25) is 0 Å². The molecule has 0 aromatic carbocycles. The Balaban J connectivity index is 2.58. The van der Waals surface area contributed by atoms with Crippen LogP contribution in [-0.4, -0.2) is 41.0 Å². The van der Waals surface area contributed by atoms with Crippen LogP contribution >= 0.6 is 11.8 Å². The van der Waals surface area contributed by atoms with E-state index in [9.17, 15) is 0 Å². The molecule has 1 aromatic rings. The van der Waals surface area contributed by atoms with E-state index >= 15 is 0 Å². The summed E-state index contributed by atoms with van der Waals surface area (Å²) >= 11 is 1.46. The van der Waals surface area contributed by atoms with E-state index in [4.69, 9.17) is 15.2 Å². The van der Waals surface area contributed by atoms with Crippen molar-refractivity contribution in [3.8, 4) is 6.01 Å². The highest BCUT2D eigenvalue weighted by molar-refractivity contribution is 7.99. The first-order valence-electron chi connectivity index (χ1n) is 5.02. The number of thioether (sulfide) groups is 1. The van der Waals surface area contributed by atoms with Gasteiger partial charge in [-0.1, -0.05) is 18.7 Å². The van der Waals surface area contributed by atoms with Crippen molar-refractivity contribution >= 4 is 17.7 Å². The van der Waals surface area contributed by atoms with E-state index < -0.39 is 0 Å². The SMILES string of the molecule is CCCOc1nc(N)nc(SCCOC)n1. The third-order valence-corrected chi connectivity index (χ3v) is 2.38. The quantitative estimate of drug-likeness (QED) is 0.565. The molecule has 90 valence electrons. The van der Waals surface area contributed by atoms with Crippen LogP contribution < -0.4 is 10.5 Å². The van der Waals surface area contributed by atoms with Crippen molar-refractivity contribution in [1.29, 1.82) is 0 Å². The van der Waals surface area contributed by atoms with Crippen molar-refractivity contribution in [2.75, 3.05) is 31.8 Å². The second-order valence-electron chi connectivity index (χ2n) is 2.95. The third-order valence-electron chi connectivity index (χ3n) is 1.57. The van der Waals surface area contributed by atoms with Gasteiger partial charge in [0.15, 0.2) is 5.16 Å². The van der Waals surface area contributed by atoms with Crippen molar-refractivity contribution < 1.29 is 9.47 Å². The highest BCUT2D eigenvalue weighted by Crippen LogP contribution is 2.16. The number of aromatic nitrogens is 3. The molecule has 0 bridgehead atoms. The molecule has 1 heterocycles. The lowest BCUT2D eigenvalue weighted by Crippen LogP contribution is -2.06. The topological polar surface area (TPSA) is 83.2 Å². The van der Waals surface area contributed by atoms with Crippen LogP contribution in [0.3, 0.4) is 0 Å². The van der Waals surface area contributed by atoms with Gasteiger partial charge < -0.3 is 15.2 Å². The molecule has 0 fully saturated rings. The Bertz CT molecular complexity index is 324. The lowest BCUT2D eigenvalue weighted by molar-refractivity contribution is 0.218. The molecule has 1 rings (SSSR count). The summed E-state index contributed by atoms with van der Waals surface area (Å²) in [7, 11) is 1.65. The van der Waals surface area contributed by atoms with Crippen molar-refractivity contribution in [2.24, 2.45) is 0 Å². The summed E-state index contributed by atoms with van der Waals surface area (Å²) < 4.78 is 10.2. The average molecular weight is 244 g/mol. The maximum absolute atomic E-state index is 5.55. The van der Waals surface area contributed by atoms with E-state index in [1.165, 1.54) is 11.8 Å². The maximum Gasteiger partial charge on any atom is 0.322 e. The molecule has 6 nitrogen and oxygen atoms in total. The fourth-order valence-corrected chi connectivity index (χ4v) is 1.62. The molecular weight excluding hydrogens is 228 g/mol. The third kappa shape index (κ3) is 4.63. The molecule has 16 heavy (non-hydrogen) atoms. The van der Waals surface area contributed by atoms with Gasteiger partial charge in [-0.25, -0.2) is 0 Å². The molecular formula is C9H16N4O2S. The number of methoxy groups -OCH3 is 1. The zero-order valence-corrected chi connectivity index (χ0v) is 10.3. The van der Waals surface area contributed by atoms with Crippen LogP contribution in [0.4, 0.5) is 5.95 Å². The van der Waals surface area contributed by atoms with Crippen molar-refractivity contribution in [1.82, 2.24) is 15.0 Å². The largest absolute Gasteiger partial charge is 0.463 e. The van der Waals surface area contributed by atoms with Crippen molar-refractivity contribution in [3.63, 3.8) is 0 Å². The van der Waals surface area contributed by atoms with E-state index in [1.807, 2.05) is 6.92 Å². The first-order valence-corrected chi connectivity index (χ1v) is 6.01. The Morgan fingerprint density at radius 2 is 2.06 bits per heavy atom. The van der Waals surface area contributed by atoms with Crippen LogP contribution in [0.1, 0.15) is 13.3 Å². The maximum atomic E-state index is 5.55. The highest BCUT2D eigenvalue weighted by Gasteiger charge is 2.05. The van der Waals surface area contributed by atoms with E-state index in [1.54, 1.807) is 7.11 Å². The number of nitrogens with zero attached hydrogens (tertiary/aromatic N) is 3. The van der Waals surface area contributed by atoms with Gasteiger partial charge in [-0.05, 0) is 6.42 Å². The molecule has 0 aliphatic rings. The standard InChI is InChI=1S/C9H16N4O2S/c1-3-4-15-8-11-7(10)12-9(13-8)16-6-5-14-2/h3-6H2,1-2H3,(H2,10,11,12,13). The Hall–Kier alpha value is -1.08. The minimum atomic E-state index is 0.181. The number of hydrogen-bond acceptors (Lipinski definition) is 7. The van der Waals surface area contributed by atoms with Gasteiger partial charge in [0.25, 0.3) is 0 Å². The molecule has 0 aliphatic heterocycles. The Kier molecular flexibility index (Phi) is 5.87. The first-order chi connectivity index (χ1) is 7.76. The second-order valence-corrected chi connectivity index (χ2v) is 4.01. The van der Waals surface area contributed by atoms with E-state index in [2.05, 4.69) is 15.0 Å². The van der Waals surface area contributed by atoms with Crippen LogP contribution in [0.25, 0.3) is 0 Å². The minimum Gasteiger partial charge on any atom is -0.463 e. The Labute approximate surface area is 99.0 Å². The van der Waals surface area contributed by atoms with Crippen LogP contribution in [0, 0.1) is 0 Å². The number of rotatable bonds is 7. The molecule has 0 amide bonds. The van der Waals surface area contributed by atoms with Gasteiger partial charge in [-0.15, -0.1) is 0 Å². The zero-order valence-electron chi connectivity index (χ0n) is 9.47. The van der Waals surface area contributed by atoms with Crippen molar-refractivity contribution in [2.45, 2.75) is 18.5 Å². The summed E-state index contributed by atoms with van der Waals surface area (Å²) in [5, 5.41) is 0.565. The molecule has 0 unspecified atom stereocenters. The lowest BCUT2D eigenvalue weighted by Gasteiger charge is -2.05. The Morgan fingerprint density at radius 1 is 1.25 bits per heavy atom. The summed E-state index contributed by atoms with van der Waals surface area (Å²) in [6, 6.07) is 0.286. The van der Waals surface area contributed by atoms with Crippen LogP contribution in [0.15, 0.2) is 5.16 Å². The van der Waals surface area contributed by atoms with Gasteiger partial charge in [0.2, 0.25) is 5.95 Å². The second kappa shape index (κ2) is 7.24. The van der Waals surface area contributed by atoms with Gasteiger partial charge in [0, 0.05) is 12.9 Å². The molecule has 0 radical (unpaired) electrons. The fourth-order valence-electron chi connectivity index (χ4n) is 0.892. The van der Waals surface area contributed by atoms with Gasteiger partial charge in [-0.2, -0.15) is 15.0 Å². The molecule has 0 atom stereocenters. The molecule has 0 saturated heterocycles. The number of hydrogen-bond donors (Lipinski definition) is 1. The molecule has 0 saturated carbocycles. The first kappa shape index (κ1) is 13.0. The summed E-state index contributed by atoms with van der Waals surface area (Å²) in [5.41, 5.74) is 5.55. The van der Waals surface area contributed by atoms with E-state index in [0.29, 0.717) is 18.4 Å². The number of anilines is 1. The summed E-state index contributed by atoms with van der Waals surface area (Å²) in [5.74, 6) is 0.953.